The average Bonchev–Trinajstić information content (AvgIpc) is 3.32. The minimum absolute atomic E-state index is 0.00433. The van der Waals surface area contributed by atoms with Crippen molar-refractivity contribution in [1.29, 1.82) is 0 Å². The maximum absolute atomic E-state index is 12.4. The molecular formula is C51H57NO12. The molecule has 0 aromatic heterocycles. The second-order valence-corrected chi connectivity index (χ2v) is 14.3. The Morgan fingerprint density at radius 3 is 1.89 bits per heavy atom. The molecule has 0 saturated carbocycles. The largest absolute Gasteiger partial charge is 0.504 e. The van der Waals surface area contributed by atoms with E-state index >= 15 is 0 Å². The van der Waals surface area contributed by atoms with Gasteiger partial charge in [-0.05, 0) is 70.8 Å². The SMILES string of the molecule is COc1cc(/C=C/C(=O)CC(=O)/C=C/c2ccc(OCCOCCOCCNC[C@@H](O)COc3ccc(OCCc4ccccc4)c(OCc4ccccc4)c3)c(OC)c2)ccc1O. The normalized spacial score (nSPS) is 11.7. The topological polar surface area (TPSA) is 160 Å². The van der Waals surface area contributed by atoms with E-state index in [1.54, 1.807) is 48.6 Å². The second-order valence-electron chi connectivity index (χ2n) is 14.3. The Balaban J connectivity index is 0.913. The molecule has 0 unspecified atom stereocenters. The maximum Gasteiger partial charge on any atom is 0.165 e. The highest BCUT2D eigenvalue weighted by molar-refractivity contribution is 6.10. The zero-order valence-corrected chi connectivity index (χ0v) is 36.3. The molecule has 0 aliphatic carbocycles. The summed E-state index contributed by atoms with van der Waals surface area (Å²) < 4.78 is 45.8. The fraction of sp³-hybridized carbons (Fsp3) is 0.294. The lowest BCUT2D eigenvalue weighted by Gasteiger charge is -2.17. The first kappa shape index (κ1) is 48.4. The quantitative estimate of drug-likeness (QED) is 0.0240. The molecule has 5 aromatic carbocycles. The minimum Gasteiger partial charge on any atom is -0.504 e. The van der Waals surface area contributed by atoms with E-state index < -0.39 is 6.10 Å². The van der Waals surface area contributed by atoms with Crippen molar-refractivity contribution in [2.75, 3.05) is 73.6 Å². The molecule has 0 bridgehead atoms. The number of hydrogen-bond donors (Lipinski definition) is 3. The number of carbonyl (C=O) groups is 2. The monoisotopic (exact) mass is 875 g/mol. The maximum atomic E-state index is 12.4. The van der Waals surface area contributed by atoms with Gasteiger partial charge in [0.05, 0.1) is 53.7 Å². The summed E-state index contributed by atoms with van der Waals surface area (Å²) in [6.45, 7) is 3.67. The molecule has 0 saturated heterocycles. The third kappa shape index (κ3) is 17.6. The number of carbonyl (C=O) groups excluding carboxylic acids is 2. The van der Waals surface area contributed by atoms with Crippen molar-refractivity contribution in [3.8, 4) is 40.2 Å². The molecule has 0 heterocycles. The van der Waals surface area contributed by atoms with Gasteiger partial charge in [-0.15, -0.1) is 0 Å². The first-order valence-electron chi connectivity index (χ1n) is 21.0. The van der Waals surface area contributed by atoms with E-state index in [-0.39, 0.29) is 42.7 Å². The summed E-state index contributed by atoms with van der Waals surface area (Å²) in [5.41, 5.74) is 3.57. The van der Waals surface area contributed by atoms with Crippen molar-refractivity contribution >= 4 is 23.7 Å². The number of phenolic OH excluding ortho intramolecular Hbond substituents is 1. The van der Waals surface area contributed by atoms with E-state index in [4.69, 9.17) is 37.9 Å². The first-order valence-corrected chi connectivity index (χ1v) is 21.0. The number of ketones is 2. The molecule has 0 fully saturated rings. The van der Waals surface area contributed by atoms with Gasteiger partial charge in [0.15, 0.2) is 46.1 Å². The summed E-state index contributed by atoms with van der Waals surface area (Å²) in [5.74, 6) is 2.33. The number of allylic oxidation sites excluding steroid dienone is 2. The van der Waals surface area contributed by atoms with Crippen molar-refractivity contribution in [2.45, 2.75) is 25.6 Å². The molecular weight excluding hydrogens is 819 g/mol. The van der Waals surface area contributed by atoms with Crippen molar-refractivity contribution in [3.63, 3.8) is 0 Å². The third-order valence-corrected chi connectivity index (χ3v) is 9.41. The van der Waals surface area contributed by atoms with E-state index in [2.05, 4.69) is 17.4 Å². The standard InChI is InChI=1S/C51H57NO12/c1-57-49-31-39(15-20-46(49)56)13-17-42(53)33-43(54)18-14-40-16-21-47(50(32-40)58-2)62-30-29-60-28-27-59-26-24-52-35-44(55)37-63-45-19-22-48(61-25-23-38-9-5-3-6-10-38)51(34-45)64-36-41-11-7-4-8-12-41/h3-22,31-32,34,44,52,55-56H,23-30,33,35-37H2,1-2H3/b17-13+,18-14+/t44-/m1/s1. The summed E-state index contributed by atoms with van der Waals surface area (Å²) in [4.78, 5) is 24.7. The highest BCUT2D eigenvalue weighted by Crippen LogP contribution is 2.33. The number of ether oxygens (including phenoxy) is 8. The van der Waals surface area contributed by atoms with Crippen LogP contribution in [0, 0.1) is 0 Å². The molecule has 3 N–H and O–H groups in total. The van der Waals surface area contributed by atoms with Crippen molar-refractivity contribution in [3.05, 3.63) is 150 Å². The number of methoxy groups -OCH3 is 2. The van der Waals surface area contributed by atoms with Crippen molar-refractivity contribution in [1.82, 2.24) is 5.32 Å². The number of nitrogens with one attached hydrogen (secondary N) is 1. The number of aromatic hydroxyl groups is 1. The highest BCUT2D eigenvalue weighted by atomic mass is 16.6. The van der Waals surface area contributed by atoms with E-state index in [1.807, 2.05) is 60.7 Å². The fourth-order valence-electron chi connectivity index (χ4n) is 6.04. The summed E-state index contributed by atoms with van der Waals surface area (Å²) in [7, 11) is 2.96. The van der Waals surface area contributed by atoms with Crippen LogP contribution in [0.2, 0.25) is 0 Å². The van der Waals surface area contributed by atoms with E-state index in [9.17, 15) is 19.8 Å². The molecule has 0 spiro atoms. The van der Waals surface area contributed by atoms with Gasteiger partial charge in [-0.25, -0.2) is 0 Å². The average molecular weight is 876 g/mol. The number of phenols is 1. The smallest absolute Gasteiger partial charge is 0.165 e. The van der Waals surface area contributed by atoms with E-state index in [1.165, 1.54) is 38.0 Å². The molecule has 338 valence electrons. The summed E-state index contributed by atoms with van der Waals surface area (Å²) in [5, 5.41) is 23.4. The minimum atomic E-state index is -0.741. The number of aliphatic hydroxyl groups excluding tert-OH is 1. The van der Waals surface area contributed by atoms with Gasteiger partial charge in [-0.3, -0.25) is 9.59 Å². The Hall–Kier alpha value is -6.64. The van der Waals surface area contributed by atoms with Crippen LogP contribution in [-0.2, 0) is 32.1 Å². The van der Waals surface area contributed by atoms with Crippen LogP contribution in [0.25, 0.3) is 12.2 Å². The van der Waals surface area contributed by atoms with Gasteiger partial charge in [-0.1, -0.05) is 84.9 Å². The summed E-state index contributed by atoms with van der Waals surface area (Å²) in [6.07, 6.45) is 5.57. The van der Waals surface area contributed by atoms with E-state index in [0.29, 0.717) is 92.6 Å². The zero-order valence-electron chi connectivity index (χ0n) is 36.3. The number of benzene rings is 5. The fourth-order valence-corrected chi connectivity index (χ4v) is 6.04. The molecule has 13 nitrogen and oxygen atoms in total. The molecule has 5 aromatic rings. The summed E-state index contributed by atoms with van der Waals surface area (Å²) >= 11 is 0. The van der Waals surface area contributed by atoms with Crippen LogP contribution in [0.15, 0.2) is 127 Å². The molecule has 0 amide bonds. The first-order chi connectivity index (χ1) is 31.3. The van der Waals surface area contributed by atoms with Gasteiger partial charge < -0.3 is 53.4 Å². The van der Waals surface area contributed by atoms with Crippen LogP contribution >= 0.6 is 0 Å². The number of rotatable bonds is 30. The molecule has 64 heavy (non-hydrogen) atoms. The Bertz CT molecular complexity index is 2230. The van der Waals surface area contributed by atoms with Gasteiger partial charge in [0.25, 0.3) is 0 Å². The Morgan fingerprint density at radius 2 is 1.19 bits per heavy atom. The Labute approximate surface area is 374 Å². The molecule has 0 radical (unpaired) electrons. The van der Waals surface area contributed by atoms with Gasteiger partial charge >= 0.3 is 0 Å². The van der Waals surface area contributed by atoms with Gasteiger partial charge in [0.2, 0.25) is 0 Å². The Morgan fingerprint density at radius 1 is 0.594 bits per heavy atom. The van der Waals surface area contributed by atoms with Crippen LogP contribution in [0.4, 0.5) is 0 Å². The predicted octanol–water partition coefficient (Wildman–Crippen LogP) is 7.31. The summed E-state index contributed by atoms with van der Waals surface area (Å²) in [6, 6.07) is 35.4. The lowest BCUT2D eigenvalue weighted by atomic mass is 10.1. The van der Waals surface area contributed by atoms with Crippen LogP contribution in [0.5, 0.6) is 40.2 Å². The molecule has 1 atom stereocenters. The van der Waals surface area contributed by atoms with Gasteiger partial charge in [0.1, 0.15) is 31.7 Å². The molecule has 5 rings (SSSR count). The third-order valence-electron chi connectivity index (χ3n) is 9.41. The van der Waals surface area contributed by atoms with E-state index in [0.717, 1.165) is 12.0 Å². The van der Waals surface area contributed by atoms with Crippen LogP contribution in [0.3, 0.4) is 0 Å². The second kappa shape index (κ2) is 27.4. The van der Waals surface area contributed by atoms with Crippen LogP contribution < -0.4 is 33.7 Å². The zero-order chi connectivity index (χ0) is 45.2. The molecule has 0 aliphatic rings. The van der Waals surface area contributed by atoms with Gasteiger partial charge in [0, 0.05) is 25.6 Å². The Kier molecular flexibility index (Phi) is 20.7. The predicted molar refractivity (Wildman–Crippen MR) is 245 cm³/mol. The van der Waals surface area contributed by atoms with Crippen LogP contribution in [-0.4, -0.2) is 101 Å². The lowest BCUT2D eigenvalue weighted by molar-refractivity contribution is -0.121. The van der Waals surface area contributed by atoms with Gasteiger partial charge in [-0.2, -0.15) is 0 Å². The molecule has 13 heteroatoms. The van der Waals surface area contributed by atoms with Crippen LogP contribution in [0.1, 0.15) is 28.7 Å². The highest BCUT2D eigenvalue weighted by Gasteiger charge is 2.12. The van der Waals surface area contributed by atoms with Crippen molar-refractivity contribution < 1.29 is 57.7 Å². The number of aliphatic hydroxyl groups is 1. The lowest BCUT2D eigenvalue weighted by Crippen LogP contribution is -2.33. The number of hydrogen-bond acceptors (Lipinski definition) is 13. The van der Waals surface area contributed by atoms with Crippen molar-refractivity contribution in [2.24, 2.45) is 0 Å². The molecule has 0 aliphatic heterocycles.